The summed E-state index contributed by atoms with van der Waals surface area (Å²) < 4.78 is 5.59. The summed E-state index contributed by atoms with van der Waals surface area (Å²) in [7, 11) is 0. The van der Waals surface area contributed by atoms with Crippen molar-refractivity contribution in [1.29, 1.82) is 0 Å². The first-order valence-electron chi connectivity index (χ1n) is 6.50. The van der Waals surface area contributed by atoms with Crippen molar-refractivity contribution in [3.05, 3.63) is 0 Å². The molecule has 1 saturated heterocycles. The lowest BCUT2D eigenvalue weighted by Crippen LogP contribution is -2.44. The molecule has 1 aliphatic heterocycles. The van der Waals surface area contributed by atoms with E-state index in [0.29, 0.717) is 0 Å². The molecule has 1 fully saturated rings. The Balaban J connectivity index is 1.80. The van der Waals surface area contributed by atoms with Crippen LogP contribution < -0.4 is 10.6 Å². The van der Waals surface area contributed by atoms with Crippen molar-refractivity contribution in [2.45, 2.75) is 13.8 Å². The lowest BCUT2D eigenvalue weighted by atomic mass is 10.2. The topological polar surface area (TPSA) is 36.5 Å². The van der Waals surface area contributed by atoms with Gasteiger partial charge in [0.25, 0.3) is 0 Å². The highest BCUT2D eigenvalue weighted by Crippen LogP contribution is 1.91. The SMILES string of the molecule is CC(C)CNCCOCCN1CCNCC1. The number of hydrogen-bond donors (Lipinski definition) is 2. The minimum Gasteiger partial charge on any atom is -0.379 e. The molecule has 1 rings (SSSR count). The fraction of sp³-hybridized carbons (Fsp3) is 1.00. The molecule has 0 bridgehead atoms. The van der Waals surface area contributed by atoms with Crippen LogP contribution in [0.4, 0.5) is 0 Å². The van der Waals surface area contributed by atoms with E-state index in [1.807, 2.05) is 0 Å². The molecule has 2 N–H and O–H groups in total. The molecule has 0 amide bonds. The summed E-state index contributed by atoms with van der Waals surface area (Å²) in [6, 6.07) is 0. The van der Waals surface area contributed by atoms with Crippen LogP contribution in [-0.4, -0.2) is 63.9 Å². The van der Waals surface area contributed by atoms with Crippen molar-refractivity contribution >= 4 is 0 Å². The Labute approximate surface area is 99.7 Å². The third-order valence-electron chi connectivity index (χ3n) is 2.74. The van der Waals surface area contributed by atoms with E-state index in [2.05, 4.69) is 29.4 Å². The molecule has 0 unspecified atom stereocenters. The van der Waals surface area contributed by atoms with Crippen LogP contribution >= 0.6 is 0 Å². The van der Waals surface area contributed by atoms with Gasteiger partial charge in [0.2, 0.25) is 0 Å². The summed E-state index contributed by atoms with van der Waals surface area (Å²) in [4.78, 5) is 2.46. The molecular weight excluding hydrogens is 202 g/mol. The standard InChI is InChI=1S/C12H27N3O/c1-12(2)11-14-5-9-16-10-8-15-6-3-13-4-7-15/h12-14H,3-11H2,1-2H3. The molecule has 0 aliphatic carbocycles. The normalized spacial score (nSPS) is 18.2. The zero-order valence-corrected chi connectivity index (χ0v) is 10.8. The Morgan fingerprint density at radius 2 is 2.00 bits per heavy atom. The lowest BCUT2D eigenvalue weighted by molar-refractivity contribution is 0.100. The monoisotopic (exact) mass is 229 g/mol. The highest BCUT2D eigenvalue weighted by atomic mass is 16.5. The minimum absolute atomic E-state index is 0.723. The second kappa shape index (κ2) is 8.93. The predicted molar refractivity (Wildman–Crippen MR) is 67.8 cm³/mol. The smallest absolute Gasteiger partial charge is 0.0594 e. The average molecular weight is 229 g/mol. The molecule has 1 aliphatic rings. The molecule has 0 atom stereocenters. The van der Waals surface area contributed by atoms with Crippen LogP contribution in [0.25, 0.3) is 0 Å². The van der Waals surface area contributed by atoms with Crippen molar-refractivity contribution in [2.75, 3.05) is 59.0 Å². The van der Waals surface area contributed by atoms with Crippen LogP contribution in [0.5, 0.6) is 0 Å². The molecule has 4 heteroatoms. The second-order valence-electron chi connectivity index (χ2n) is 4.80. The Kier molecular flexibility index (Phi) is 7.76. The summed E-state index contributed by atoms with van der Waals surface area (Å²) in [5.41, 5.74) is 0. The summed E-state index contributed by atoms with van der Waals surface area (Å²) >= 11 is 0. The number of rotatable bonds is 8. The van der Waals surface area contributed by atoms with E-state index < -0.39 is 0 Å². The van der Waals surface area contributed by atoms with E-state index in [1.165, 1.54) is 0 Å². The van der Waals surface area contributed by atoms with E-state index >= 15 is 0 Å². The van der Waals surface area contributed by atoms with Crippen LogP contribution in [0.2, 0.25) is 0 Å². The van der Waals surface area contributed by atoms with Crippen molar-refractivity contribution in [2.24, 2.45) is 5.92 Å². The first-order chi connectivity index (χ1) is 7.79. The predicted octanol–water partition coefficient (Wildman–Crippen LogP) is 0.154. The molecule has 0 radical (unpaired) electrons. The van der Waals surface area contributed by atoms with E-state index in [-0.39, 0.29) is 0 Å². The summed E-state index contributed by atoms with van der Waals surface area (Å²) in [5, 5.41) is 6.73. The molecule has 0 aromatic rings. The highest BCUT2D eigenvalue weighted by molar-refractivity contribution is 4.66. The van der Waals surface area contributed by atoms with Gasteiger partial charge in [-0.1, -0.05) is 13.8 Å². The summed E-state index contributed by atoms with van der Waals surface area (Å²) in [6.45, 7) is 13.8. The molecule has 16 heavy (non-hydrogen) atoms. The third kappa shape index (κ3) is 7.17. The number of nitrogens with one attached hydrogen (secondary N) is 2. The first kappa shape index (κ1) is 13.9. The van der Waals surface area contributed by atoms with Gasteiger partial charge < -0.3 is 15.4 Å². The fourth-order valence-electron chi connectivity index (χ4n) is 1.77. The van der Waals surface area contributed by atoms with E-state index in [0.717, 1.165) is 64.9 Å². The van der Waals surface area contributed by atoms with Crippen LogP contribution in [0.15, 0.2) is 0 Å². The fourth-order valence-corrected chi connectivity index (χ4v) is 1.77. The Morgan fingerprint density at radius 1 is 1.25 bits per heavy atom. The molecular formula is C12H27N3O. The van der Waals surface area contributed by atoms with Crippen LogP contribution in [0.1, 0.15) is 13.8 Å². The van der Waals surface area contributed by atoms with E-state index in [4.69, 9.17) is 4.74 Å². The van der Waals surface area contributed by atoms with Crippen molar-refractivity contribution in [1.82, 2.24) is 15.5 Å². The van der Waals surface area contributed by atoms with Crippen LogP contribution in [-0.2, 0) is 4.74 Å². The average Bonchev–Trinajstić information content (AvgIpc) is 2.29. The van der Waals surface area contributed by atoms with Crippen molar-refractivity contribution in [3.63, 3.8) is 0 Å². The highest BCUT2D eigenvalue weighted by Gasteiger charge is 2.07. The summed E-state index contributed by atoms with van der Waals surface area (Å²) in [5.74, 6) is 0.723. The van der Waals surface area contributed by atoms with Crippen molar-refractivity contribution in [3.8, 4) is 0 Å². The summed E-state index contributed by atoms with van der Waals surface area (Å²) in [6.07, 6.45) is 0. The molecule has 1 heterocycles. The molecule has 4 nitrogen and oxygen atoms in total. The van der Waals surface area contributed by atoms with Gasteiger partial charge in [0.05, 0.1) is 13.2 Å². The number of piperazine rings is 1. The van der Waals surface area contributed by atoms with E-state index in [1.54, 1.807) is 0 Å². The van der Waals surface area contributed by atoms with Gasteiger partial charge in [-0.05, 0) is 12.5 Å². The number of hydrogen-bond acceptors (Lipinski definition) is 4. The molecule has 0 aromatic carbocycles. The molecule has 0 spiro atoms. The van der Waals surface area contributed by atoms with Gasteiger partial charge >= 0.3 is 0 Å². The Bertz CT molecular complexity index is 158. The van der Waals surface area contributed by atoms with Gasteiger partial charge in [0.15, 0.2) is 0 Å². The lowest BCUT2D eigenvalue weighted by Gasteiger charge is -2.26. The quantitative estimate of drug-likeness (QED) is 0.581. The van der Waals surface area contributed by atoms with Gasteiger partial charge in [-0.15, -0.1) is 0 Å². The van der Waals surface area contributed by atoms with Gasteiger partial charge in [-0.3, -0.25) is 4.90 Å². The van der Waals surface area contributed by atoms with Gasteiger partial charge in [0, 0.05) is 39.3 Å². The molecule has 96 valence electrons. The van der Waals surface area contributed by atoms with Crippen LogP contribution in [0.3, 0.4) is 0 Å². The zero-order chi connectivity index (χ0) is 11.6. The Hall–Kier alpha value is -0.160. The molecule has 0 aromatic heterocycles. The number of ether oxygens (including phenoxy) is 1. The second-order valence-corrected chi connectivity index (χ2v) is 4.80. The largest absolute Gasteiger partial charge is 0.379 e. The van der Waals surface area contributed by atoms with Crippen LogP contribution in [0, 0.1) is 5.92 Å². The van der Waals surface area contributed by atoms with E-state index in [9.17, 15) is 0 Å². The van der Waals surface area contributed by atoms with Gasteiger partial charge in [-0.2, -0.15) is 0 Å². The van der Waals surface area contributed by atoms with Gasteiger partial charge in [-0.25, -0.2) is 0 Å². The maximum Gasteiger partial charge on any atom is 0.0594 e. The maximum absolute atomic E-state index is 5.59. The maximum atomic E-state index is 5.59. The number of nitrogens with zero attached hydrogens (tertiary/aromatic N) is 1. The van der Waals surface area contributed by atoms with Crippen molar-refractivity contribution < 1.29 is 4.74 Å². The first-order valence-corrected chi connectivity index (χ1v) is 6.50. The zero-order valence-electron chi connectivity index (χ0n) is 10.8. The van der Waals surface area contributed by atoms with Gasteiger partial charge in [0.1, 0.15) is 0 Å². The third-order valence-corrected chi connectivity index (χ3v) is 2.74. The Morgan fingerprint density at radius 3 is 2.69 bits per heavy atom. The minimum atomic E-state index is 0.723. The molecule has 0 saturated carbocycles.